The van der Waals surface area contributed by atoms with Crippen LogP contribution in [0.25, 0.3) is 66.8 Å². The van der Waals surface area contributed by atoms with E-state index in [9.17, 15) is 0 Å². The molecule has 9 rings (SSSR count). The van der Waals surface area contributed by atoms with Crippen LogP contribution in [-0.4, -0.2) is 0 Å². The molecule has 9 aromatic rings. The van der Waals surface area contributed by atoms with Crippen LogP contribution in [0.1, 0.15) is 154 Å². The molecule has 0 nitrogen and oxygen atoms in total. The van der Waals surface area contributed by atoms with Crippen LogP contribution in [0.3, 0.4) is 0 Å². The predicted octanol–water partition coefficient (Wildman–Crippen LogP) is 22.7. The molecule has 0 aliphatic heterocycles. The monoisotopic (exact) mass is 1010 g/mol. The molecule has 0 bridgehead atoms. The molecule has 0 aromatic heterocycles. The quantitative estimate of drug-likeness (QED) is 0.135. The van der Waals surface area contributed by atoms with Crippen LogP contribution < -0.4 is 0 Å². The van der Waals surface area contributed by atoms with E-state index >= 15 is 0 Å². The van der Waals surface area contributed by atoms with E-state index < -0.39 is 0 Å². The average molecular weight is 1010 g/mol. The highest BCUT2D eigenvalue weighted by Gasteiger charge is 2.16. The molecule has 0 radical (unpaired) electrons. The summed E-state index contributed by atoms with van der Waals surface area (Å²) in [4.78, 5) is 0. The maximum absolute atomic E-state index is 2.39. The highest BCUT2D eigenvalue weighted by Crippen LogP contribution is 2.39. The molecule has 0 spiro atoms. The molecule has 0 unspecified atom stereocenters. The Bertz CT molecular complexity index is 3170. The van der Waals surface area contributed by atoms with Crippen LogP contribution in [0.15, 0.2) is 152 Å². The van der Waals surface area contributed by atoms with Gasteiger partial charge in [-0.1, -0.05) is 208 Å². The summed E-state index contributed by atoms with van der Waals surface area (Å²) < 4.78 is 0. The standard InChI is InChI=1S/C27H32.2C25H28/c1-16(2)23-13-24(26-19(5)9-17(3)10-20(26)6)15-25(14-23)27-21(7)11-18(4)12-22(27)8;2*1-16(2)21-13-22(24-9-7-17(3)11-19(24)5)15-23(14-21)25-10-8-18(4)12-20(25)6/h9-16H,1-8H3;2*7-16H,1-6H3. The third-order valence-electron chi connectivity index (χ3n) is 15.6. The smallest absolute Gasteiger partial charge is 0.0125 e. The molecule has 0 atom stereocenters. The molecule has 396 valence electrons. The lowest BCUT2D eigenvalue weighted by Crippen LogP contribution is -1.97. The van der Waals surface area contributed by atoms with Gasteiger partial charge in [0.2, 0.25) is 0 Å². The van der Waals surface area contributed by atoms with E-state index in [-0.39, 0.29) is 0 Å². The predicted molar refractivity (Wildman–Crippen MR) is 341 cm³/mol. The Hall–Kier alpha value is -7.02. The Kier molecular flexibility index (Phi) is 18.4. The average Bonchev–Trinajstić information content (AvgIpc) is 3.34. The zero-order valence-corrected chi connectivity index (χ0v) is 50.7. The summed E-state index contributed by atoms with van der Waals surface area (Å²) in [6.07, 6.45) is 0. The topological polar surface area (TPSA) is 0 Å². The molecule has 0 heterocycles. The fourth-order valence-electron chi connectivity index (χ4n) is 11.7. The Labute approximate surface area is 466 Å². The zero-order valence-electron chi connectivity index (χ0n) is 50.7. The molecule has 0 amide bonds. The summed E-state index contributed by atoms with van der Waals surface area (Å²) >= 11 is 0. The summed E-state index contributed by atoms with van der Waals surface area (Å²) in [5.74, 6) is 1.52. The molecule has 0 saturated heterocycles. The van der Waals surface area contributed by atoms with E-state index in [2.05, 4.69) is 290 Å². The van der Waals surface area contributed by atoms with Crippen molar-refractivity contribution in [3.63, 3.8) is 0 Å². The third kappa shape index (κ3) is 13.9. The molecule has 77 heavy (non-hydrogen) atoms. The van der Waals surface area contributed by atoms with Crippen molar-refractivity contribution >= 4 is 0 Å². The Morgan fingerprint density at radius 2 is 0.390 bits per heavy atom. The van der Waals surface area contributed by atoms with E-state index in [0.717, 1.165) is 0 Å². The summed E-state index contributed by atoms with van der Waals surface area (Å²) in [6.45, 7) is 44.4. The zero-order chi connectivity index (χ0) is 56.2. The molecule has 0 aliphatic rings. The first-order chi connectivity index (χ1) is 36.4. The normalized spacial score (nSPS) is 11.2. The van der Waals surface area contributed by atoms with Crippen LogP contribution in [0.2, 0.25) is 0 Å². The van der Waals surface area contributed by atoms with Gasteiger partial charge in [0.25, 0.3) is 0 Å². The van der Waals surface area contributed by atoms with Crippen LogP contribution in [-0.2, 0) is 0 Å². The van der Waals surface area contributed by atoms with Gasteiger partial charge in [0.05, 0.1) is 0 Å². The third-order valence-corrected chi connectivity index (χ3v) is 15.6. The number of benzene rings is 9. The first kappa shape index (κ1) is 57.7. The van der Waals surface area contributed by atoms with Crippen LogP contribution in [0.4, 0.5) is 0 Å². The maximum Gasteiger partial charge on any atom is -0.0125 e. The van der Waals surface area contributed by atoms with E-state index in [1.807, 2.05) is 0 Å². The summed E-state index contributed by atoms with van der Waals surface area (Å²) in [7, 11) is 0. The summed E-state index contributed by atoms with van der Waals surface area (Å²) in [6, 6.07) is 57.4. The van der Waals surface area contributed by atoms with Crippen molar-refractivity contribution < 1.29 is 0 Å². The lowest BCUT2D eigenvalue weighted by atomic mass is 9.86. The largest absolute Gasteiger partial charge is 0.0587 e. The van der Waals surface area contributed by atoms with E-state index in [1.165, 1.54) is 161 Å². The Morgan fingerprint density at radius 3 is 0.597 bits per heavy atom. The second kappa shape index (κ2) is 24.5. The number of rotatable bonds is 9. The minimum atomic E-state index is 0.501. The van der Waals surface area contributed by atoms with Crippen molar-refractivity contribution in [2.45, 2.75) is 156 Å². The van der Waals surface area contributed by atoms with Gasteiger partial charge in [-0.05, 0) is 261 Å². The van der Waals surface area contributed by atoms with Gasteiger partial charge in [0.1, 0.15) is 0 Å². The molecule has 0 fully saturated rings. The summed E-state index contributed by atoms with van der Waals surface area (Å²) in [5, 5.41) is 0. The van der Waals surface area contributed by atoms with Crippen molar-refractivity contribution in [3.05, 3.63) is 246 Å². The van der Waals surface area contributed by atoms with Crippen LogP contribution in [0.5, 0.6) is 0 Å². The minimum Gasteiger partial charge on any atom is -0.0587 e. The second-order valence-corrected chi connectivity index (χ2v) is 23.8. The van der Waals surface area contributed by atoms with Gasteiger partial charge in [0, 0.05) is 0 Å². The summed E-state index contributed by atoms with van der Waals surface area (Å²) in [5.41, 5.74) is 39.0. The molecule has 9 aromatic carbocycles. The van der Waals surface area contributed by atoms with Crippen molar-refractivity contribution in [3.8, 4) is 66.8 Å². The molecular weight excluding hydrogens is 925 g/mol. The lowest BCUT2D eigenvalue weighted by molar-refractivity contribution is 0.867. The van der Waals surface area contributed by atoms with Crippen molar-refractivity contribution in [2.24, 2.45) is 0 Å². The maximum atomic E-state index is 2.39. The van der Waals surface area contributed by atoms with Gasteiger partial charge in [-0.15, -0.1) is 0 Å². The highest BCUT2D eigenvalue weighted by molar-refractivity contribution is 5.82. The van der Waals surface area contributed by atoms with Crippen molar-refractivity contribution in [1.82, 2.24) is 0 Å². The van der Waals surface area contributed by atoms with Gasteiger partial charge < -0.3 is 0 Å². The van der Waals surface area contributed by atoms with Crippen molar-refractivity contribution in [2.75, 3.05) is 0 Å². The Morgan fingerprint density at radius 1 is 0.195 bits per heavy atom. The Balaban J connectivity index is 0.000000168. The van der Waals surface area contributed by atoms with Gasteiger partial charge in [0.15, 0.2) is 0 Å². The van der Waals surface area contributed by atoms with E-state index in [4.69, 9.17) is 0 Å². The fourth-order valence-corrected chi connectivity index (χ4v) is 11.7. The van der Waals surface area contributed by atoms with Crippen LogP contribution >= 0.6 is 0 Å². The number of hydrogen-bond acceptors (Lipinski definition) is 0. The molecular formula is C77H88. The molecule has 0 heteroatoms. The molecule has 0 aliphatic carbocycles. The SMILES string of the molecule is Cc1cc(C)c(-c2cc(-c3c(C)cc(C)cc3C)cc(C(C)C)c2)c(C)c1.Cc1ccc(-c2cc(-c3ccc(C)cc3C)cc(C(C)C)c2)c(C)c1.Cc1ccc(-c2cc(-c3ccc(C)cc3C)cc(C(C)C)c2)c(C)c1. The minimum absolute atomic E-state index is 0.501. The number of aryl methyl sites for hydroxylation is 14. The van der Waals surface area contributed by atoms with Gasteiger partial charge >= 0.3 is 0 Å². The van der Waals surface area contributed by atoms with Crippen molar-refractivity contribution in [1.29, 1.82) is 0 Å². The van der Waals surface area contributed by atoms with Crippen LogP contribution in [0, 0.1) is 96.9 Å². The van der Waals surface area contributed by atoms with Gasteiger partial charge in [-0.25, -0.2) is 0 Å². The fraction of sp³-hybridized carbons (Fsp3) is 0.299. The van der Waals surface area contributed by atoms with E-state index in [1.54, 1.807) is 0 Å². The van der Waals surface area contributed by atoms with Gasteiger partial charge in [-0.2, -0.15) is 0 Å². The second-order valence-electron chi connectivity index (χ2n) is 23.8. The lowest BCUT2D eigenvalue weighted by Gasteiger charge is -2.19. The first-order valence-electron chi connectivity index (χ1n) is 28.3. The molecule has 0 saturated carbocycles. The molecule has 0 N–H and O–H groups in total. The van der Waals surface area contributed by atoms with Gasteiger partial charge in [-0.3, -0.25) is 0 Å². The van der Waals surface area contributed by atoms with E-state index in [0.29, 0.717) is 17.8 Å². The highest BCUT2D eigenvalue weighted by atomic mass is 14.2. The first-order valence-corrected chi connectivity index (χ1v) is 28.3. The number of hydrogen-bond donors (Lipinski definition) is 0.